The van der Waals surface area contributed by atoms with E-state index in [1.54, 1.807) is 0 Å². The van der Waals surface area contributed by atoms with Gasteiger partial charge in [0, 0.05) is 11.5 Å². The molecule has 1 aromatic carbocycles. The SMILES string of the molecule is CCC1CCCCC1C(=O)c1ccc2c(c1)COC2. The number of ketones is 1. The lowest BCUT2D eigenvalue weighted by Crippen LogP contribution is -2.27. The molecule has 1 heterocycles. The lowest BCUT2D eigenvalue weighted by Gasteiger charge is -2.29. The number of hydrogen-bond acceptors (Lipinski definition) is 2. The van der Waals surface area contributed by atoms with Crippen LogP contribution in [0.5, 0.6) is 0 Å². The van der Waals surface area contributed by atoms with E-state index in [-0.39, 0.29) is 5.92 Å². The van der Waals surface area contributed by atoms with Gasteiger partial charge in [0.25, 0.3) is 0 Å². The fraction of sp³-hybridized carbons (Fsp3) is 0.588. The summed E-state index contributed by atoms with van der Waals surface area (Å²) in [6.45, 7) is 3.58. The maximum absolute atomic E-state index is 12.7. The lowest BCUT2D eigenvalue weighted by molar-refractivity contribution is 0.0820. The molecule has 1 aliphatic heterocycles. The van der Waals surface area contributed by atoms with E-state index in [9.17, 15) is 4.79 Å². The van der Waals surface area contributed by atoms with Crippen molar-refractivity contribution in [2.45, 2.75) is 52.2 Å². The van der Waals surface area contributed by atoms with Crippen LogP contribution >= 0.6 is 0 Å². The Labute approximate surface area is 115 Å². The summed E-state index contributed by atoms with van der Waals surface area (Å²) in [4.78, 5) is 12.7. The molecule has 2 nitrogen and oxygen atoms in total. The van der Waals surface area contributed by atoms with Crippen molar-refractivity contribution >= 4 is 5.78 Å². The summed E-state index contributed by atoms with van der Waals surface area (Å²) >= 11 is 0. The zero-order valence-electron chi connectivity index (χ0n) is 11.7. The molecule has 102 valence electrons. The molecule has 3 rings (SSSR count). The summed E-state index contributed by atoms with van der Waals surface area (Å²) in [5.74, 6) is 1.20. The lowest BCUT2D eigenvalue weighted by atomic mass is 9.74. The van der Waals surface area contributed by atoms with Gasteiger partial charge in [-0.3, -0.25) is 4.79 Å². The van der Waals surface area contributed by atoms with E-state index in [1.165, 1.54) is 30.4 Å². The van der Waals surface area contributed by atoms with Gasteiger partial charge >= 0.3 is 0 Å². The minimum absolute atomic E-state index is 0.249. The van der Waals surface area contributed by atoms with Crippen molar-refractivity contribution in [1.82, 2.24) is 0 Å². The molecular formula is C17H22O2. The van der Waals surface area contributed by atoms with E-state index in [1.807, 2.05) is 6.07 Å². The molecule has 1 aromatic rings. The molecule has 19 heavy (non-hydrogen) atoms. The third-order valence-corrected chi connectivity index (χ3v) is 4.78. The van der Waals surface area contributed by atoms with Gasteiger partial charge in [-0.1, -0.05) is 38.3 Å². The van der Waals surface area contributed by atoms with Crippen LogP contribution in [0.25, 0.3) is 0 Å². The highest BCUT2D eigenvalue weighted by Gasteiger charge is 2.30. The van der Waals surface area contributed by atoms with Crippen molar-refractivity contribution in [2.24, 2.45) is 11.8 Å². The van der Waals surface area contributed by atoms with E-state index in [0.29, 0.717) is 24.9 Å². The highest BCUT2D eigenvalue weighted by molar-refractivity contribution is 5.98. The summed E-state index contributed by atoms with van der Waals surface area (Å²) in [7, 11) is 0. The standard InChI is InChI=1S/C17H22O2/c1-2-12-5-3-4-6-16(12)17(18)13-7-8-14-10-19-11-15(14)9-13/h7-9,12,16H,2-6,10-11H2,1H3. The molecule has 0 aromatic heterocycles. The summed E-state index contributed by atoms with van der Waals surface area (Å²) in [5, 5.41) is 0. The number of benzene rings is 1. The molecule has 0 saturated heterocycles. The average molecular weight is 258 g/mol. The Bertz CT molecular complexity index is 478. The molecule has 0 spiro atoms. The van der Waals surface area contributed by atoms with Crippen LogP contribution in [0.3, 0.4) is 0 Å². The number of fused-ring (bicyclic) bond motifs is 1. The topological polar surface area (TPSA) is 26.3 Å². The maximum atomic E-state index is 12.7. The first-order valence-electron chi connectivity index (χ1n) is 7.53. The van der Waals surface area contributed by atoms with Crippen LogP contribution in [0.15, 0.2) is 18.2 Å². The Morgan fingerprint density at radius 1 is 1.21 bits per heavy atom. The van der Waals surface area contributed by atoms with Crippen molar-refractivity contribution in [3.8, 4) is 0 Å². The molecule has 2 aliphatic rings. The first kappa shape index (κ1) is 12.9. The van der Waals surface area contributed by atoms with E-state index < -0.39 is 0 Å². The van der Waals surface area contributed by atoms with Crippen molar-refractivity contribution < 1.29 is 9.53 Å². The number of rotatable bonds is 3. The molecule has 2 unspecified atom stereocenters. The molecule has 0 radical (unpaired) electrons. The average Bonchev–Trinajstić information content (AvgIpc) is 2.93. The Kier molecular flexibility index (Phi) is 3.69. The molecular weight excluding hydrogens is 236 g/mol. The molecule has 0 amide bonds. The Hall–Kier alpha value is -1.15. The van der Waals surface area contributed by atoms with E-state index >= 15 is 0 Å². The number of hydrogen-bond donors (Lipinski definition) is 0. The maximum Gasteiger partial charge on any atom is 0.166 e. The number of carbonyl (C=O) groups excluding carboxylic acids is 1. The normalized spacial score (nSPS) is 26.2. The molecule has 0 N–H and O–H groups in total. The van der Waals surface area contributed by atoms with E-state index in [4.69, 9.17) is 4.74 Å². The van der Waals surface area contributed by atoms with Gasteiger partial charge in [-0.15, -0.1) is 0 Å². The highest BCUT2D eigenvalue weighted by Crippen LogP contribution is 2.35. The predicted octanol–water partition coefficient (Wildman–Crippen LogP) is 4.12. The summed E-state index contributed by atoms with van der Waals surface area (Å²) in [5.41, 5.74) is 3.34. The smallest absolute Gasteiger partial charge is 0.166 e. The Balaban J connectivity index is 1.82. The van der Waals surface area contributed by atoms with Crippen molar-refractivity contribution in [1.29, 1.82) is 0 Å². The second kappa shape index (κ2) is 5.46. The molecule has 1 fully saturated rings. The number of Topliss-reactive ketones (excluding diaryl/α,β-unsaturated/α-hetero) is 1. The quantitative estimate of drug-likeness (QED) is 0.762. The van der Waals surface area contributed by atoms with Gasteiger partial charge in [-0.25, -0.2) is 0 Å². The van der Waals surface area contributed by atoms with Gasteiger partial charge in [0.15, 0.2) is 5.78 Å². The molecule has 2 atom stereocenters. The summed E-state index contributed by atoms with van der Waals surface area (Å²) in [6.07, 6.45) is 5.93. The molecule has 1 aliphatic carbocycles. The monoisotopic (exact) mass is 258 g/mol. The highest BCUT2D eigenvalue weighted by atomic mass is 16.5. The fourth-order valence-electron chi connectivity index (χ4n) is 3.58. The van der Waals surface area contributed by atoms with Crippen LogP contribution in [-0.2, 0) is 18.0 Å². The molecule has 2 heteroatoms. The second-order valence-corrected chi connectivity index (χ2v) is 5.90. The number of ether oxygens (including phenoxy) is 1. The van der Waals surface area contributed by atoms with Gasteiger partial charge in [-0.05, 0) is 36.0 Å². The van der Waals surface area contributed by atoms with E-state index in [2.05, 4.69) is 19.1 Å². The van der Waals surface area contributed by atoms with Crippen molar-refractivity contribution in [3.63, 3.8) is 0 Å². The Morgan fingerprint density at radius 2 is 2.00 bits per heavy atom. The van der Waals surface area contributed by atoms with Gasteiger partial charge in [0.1, 0.15) is 0 Å². The molecule has 0 bridgehead atoms. The molecule has 1 saturated carbocycles. The minimum atomic E-state index is 0.249. The van der Waals surface area contributed by atoms with Gasteiger partial charge in [0.2, 0.25) is 0 Å². The van der Waals surface area contributed by atoms with Crippen molar-refractivity contribution in [3.05, 3.63) is 34.9 Å². The zero-order chi connectivity index (χ0) is 13.2. The second-order valence-electron chi connectivity index (χ2n) is 5.90. The summed E-state index contributed by atoms with van der Waals surface area (Å²) < 4.78 is 5.43. The van der Waals surface area contributed by atoms with Crippen LogP contribution < -0.4 is 0 Å². The third kappa shape index (κ3) is 2.46. The summed E-state index contributed by atoms with van der Waals surface area (Å²) in [6, 6.07) is 6.13. The van der Waals surface area contributed by atoms with Crippen LogP contribution in [0.1, 0.15) is 60.5 Å². The van der Waals surface area contributed by atoms with Gasteiger partial charge in [-0.2, -0.15) is 0 Å². The van der Waals surface area contributed by atoms with Crippen molar-refractivity contribution in [2.75, 3.05) is 0 Å². The Morgan fingerprint density at radius 3 is 2.84 bits per heavy atom. The van der Waals surface area contributed by atoms with Crippen LogP contribution in [-0.4, -0.2) is 5.78 Å². The van der Waals surface area contributed by atoms with Gasteiger partial charge in [0.05, 0.1) is 13.2 Å². The first-order valence-corrected chi connectivity index (χ1v) is 7.53. The van der Waals surface area contributed by atoms with Crippen LogP contribution in [0, 0.1) is 11.8 Å². The largest absolute Gasteiger partial charge is 0.372 e. The predicted molar refractivity (Wildman–Crippen MR) is 75.0 cm³/mol. The first-order chi connectivity index (χ1) is 9.29. The third-order valence-electron chi connectivity index (χ3n) is 4.78. The number of carbonyl (C=O) groups is 1. The minimum Gasteiger partial charge on any atom is -0.372 e. The van der Waals surface area contributed by atoms with Gasteiger partial charge < -0.3 is 4.74 Å². The van der Waals surface area contributed by atoms with Crippen LogP contribution in [0.4, 0.5) is 0 Å². The van der Waals surface area contributed by atoms with Crippen LogP contribution in [0.2, 0.25) is 0 Å². The van der Waals surface area contributed by atoms with E-state index in [0.717, 1.165) is 18.4 Å². The fourth-order valence-corrected chi connectivity index (χ4v) is 3.58. The zero-order valence-corrected chi connectivity index (χ0v) is 11.7.